The van der Waals surface area contributed by atoms with Gasteiger partial charge in [0.15, 0.2) is 0 Å². The van der Waals surface area contributed by atoms with E-state index in [1.165, 1.54) is 11.1 Å². The van der Waals surface area contributed by atoms with Gasteiger partial charge in [-0.1, -0.05) is 17.7 Å². The molecule has 0 aliphatic carbocycles. The summed E-state index contributed by atoms with van der Waals surface area (Å²) < 4.78 is 12.6. The zero-order valence-corrected chi connectivity index (χ0v) is 10.5. The van der Waals surface area contributed by atoms with Crippen LogP contribution in [0.25, 0.3) is 6.08 Å². The molecule has 1 aromatic heterocycles. The summed E-state index contributed by atoms with van der Waals surface area (Å²) in [4.78, 5) is 6.41. The Morgan fingerprint density at radius 1 is 1.59 bits per heavy atom. The number of hydrogen-bond acceptors (Lipinski definition) is 2. The molecule has 3 heteroatoms. The summed E-state index contributed by atoms with van der Waals surface area (Å²) in [5.74, 6) is 0. The maximum absolute atomic E-state index is 12.6. The van der Waals surface area contributed by atoms with E-state index in [2.05, 4.69) is 29.0 Å². The SMILES string of the molecule is C/C(=C\c1cccnc1C)CCN1CC(F)C1. The van der Waals surface area contributed by atoms with Gasteiger partial charge >= 0.3 is 0 Å². The molecule has 2 rings (SSSR count). The number of likely N-dealkylation sites (tertiary alicyclic amines) is 1. The van der Waals surface area contributed by atoms with Gasteiger partial charge in [0.1, 0.15) is 6.17 Å². The fourth-order valence-corrected chi connectivity index (χ4v) is 2.01. The molecule has 1 aliphatic heterocycles. The summed E-state index contributed by atoms with van der Waals surface area (Å²) in [5, 5.41) is 0. The smallest absolute Gasteiger partial charge is 0.125 e. The Morgan fingerprint density at radius 3 is 3.00 bits per heavy atom. The van der Waals surface area contributed by atoms with Gasteiger partial charge in [-0.05, 0) is 31.9 Å². The molecule has 0 spiro atoms. The zero-order chi connectivity index (χ0) is 12.3. The van der Waals surface area contributed by atoms with Crippen molar-refractivity contribution in [3.05, 3.63) is 35.2 Å². The first-order valence-corrected chi connectivity index (χ1v) is 6.10. The Morgan fingerprint density at radius 2 is 2.35 bits per heavy atom. The number of nitrogens with zero attached hydrogens (tertiary/aromatic N) is 2. The molecule has 0 atom stereocenters. The summed E-state index contributed by atoms with van der Waals surface area (Å²) in [6.07, 6.45) is 4.39. The van der Waals surface area contributed by atoms with Gasteiger partial charge in [-0.25, -0.2) is 4.39 Å². The largest absolute Gasteiger partial charge is 0.297 e. The molecule has 0 N–H and O–H groups in total. The molecule has 0 bridgehead atoms. The maximum atomic E-state index is 12.6. The van der Waals surface area contributed by atoms with Crippen molar-refractivity contribution in [3.8, 4) is 0 Å². The van der Waals surface area contributed by atoms with Crippen molar-refractivity contribution in [1.29, 1.82) is 0 Å². The molecule has 17 heavy (non-hydrogen) atoms. The molecule has 0 saturated carbocycles. The van der Waals surface area contributed by atoms with Gasteiger partial charge in [0.25, 0.3) is 0 Å². The van der Waals surface area contributed by atoms with Crippen LogP contribution in [0.3, 0.4) is 0 Å². The van der Waals surface area contributed by atoms with Crippen molar-refractivity contribution < 1.29 is 4.39 Å². The lowest BCUT2D eigenvalue weighted by Crippen LogP contribution is -2.48. The van der Waals surface area contributed by atoms with Crippen LogP contribution >= 0.6 is 0 Å². The van der Waals surface area contributed by atoms with Crippen LogP contribution in [0.5, 0.6) is 0 Å². The summed E-state index contributed by atoms with van der Waals surface area (Å²) in [5.41, 5.74) is 3.56. The number of rotatable bonds is 4. The first-order chi connectivity index (χ1) is 8.15. The lowest BCUT2D eigenvalue weighted by atomic mass is 10.1. The third-order valence-electron chi connectivity index (χ3n) is 3.18. The zero-order valence-electron chi connectivity index (χ0n) is 10.5. The Kier molecular flexibility index (Phi) is 3.89. The van der Waals surface area contributed by atoms with Crippen LogP contribution in [0.1, 0.15) is 24.6 Å². The van der Waals surface area contributed by atoms with Gasteiger partial charge in [0.2, 0.25) is 0 Å². The van der Waals surface area contributed by atoms with Gasteiger partial charge in [-0.2, -0.15) is 0 Å². The van der Waals surface area contributed by atoms with Crippen molar-refractivity contribution in [1.82, 2.24) is 9.88 Å². The fourth-order valence-electron chi connectivity index (χ4n) is 2.01. The van der Waals surface area contributed by atoms with E-state index in [0.29, 0.717) is 13.1 Å². The van der Waals surface area contributed by atoms with Crippen molar-refractivity contribution in [2.24, 2.45) is 0 Å². The van der Waals surface area contributed by atoms with Crippen LogP contribution in [0.15, 0.2) is 23.9 Å². The Hall–Kier alpha value is -1.22. The number of hydrogen-bond donors (Lipinski definition) is 0. The van der Waals surface area contributed by atoms with E-state index < -0.39 is 6.17 Å². The summed E-state index contributed by atoms with van der Waals surface area (Å²) in [6.45, 7) is 6.32. The van der Waals surface area contributed by atoms with E-state index in [-0.39, 0.29) is 0 Å². The Bertz CT molecular complexity index is 408. The molecule has 1 aromatic rings. The lowest BCUT2D eigenvalue weighted by molar-refractivity contribution is 0.0671. The van der Waals surface area contributed by atoms with E-state index in [1.807, 2.05) is 19.2 Å². The van der Waals surface area contributed by atoms with Crippen LogP contribution in [0.2, 0.25) is 0 Å². The van der Waals surface area contributed by atoms with Gasteiger partial charge in [-0.3, -0.25) is 9.88 Å². The minimum atomic E-state index is -0.597. The molecule has 1 fully saturated rings. The predicted molar refractivity (Wildman–Crippen MR) is 68.6 cm³/mol. The highest BCUT2D eigenvalue weighted by molar-refractivity contribution is 5.54. The number of halogens is 1. The highest BCUT2D eigenvalue weighted by Gasteiger charge is 2.24. The Balaban J connectivity index is 1.87. The minimum Gasteiger partial charge on any atom is -0.297 e. The molecule has 2 heterocycles. The monoisotopic (exact) mass is 234 g/mol. The van der Waals surface area contributed by atoms with E-state index in [1.54, 1.807) is 0 Å². The lowest BCUT2D eigenvalue weighted by Gasteiger charge is -2.34. The third kappa shape index (κ3) is 3.37. The van der Waals surface area contributed by atoms with E-state index in [4.69, 9.17) is 0 Å². The normalized spacial score (nSPS) is 18.2. The van der Waals surface area contributed by atoms with Crippen molar-refractivity contribution in [3.63, 3.8) is 0 Å². The second-order valence-corrected chi connectivity index (χ2v) is 4.78. The Labute approximate surface area is 102 Å². The standard InChI is InChI=1S/C14H19FN2/c1-11(5-7-17-9-14(15)10-17)8-13-4-3-6-16-12(13)2/h3-4,6,8,14H,5,7,9-10H2,1-2H3/b11-8+. The molecule has 92 valence electrons. The highest BCUT2D eigenvalue weighted by Crippen LogP contribution is 2.15. The first kappa shape index (κ1) is 12.2. The molecule has 1 aliphatic rings. The van der Waals surface area contributed by atoms with E-state index in [9.17, 15) is 4.39 Å². The molecular weight excluding hydrogens is 215 g/mol. The second-order valence-electron chi connectivity index (χ2n) is 4.78. The number of alkyl halides is 1. The van der Waals surface area contributed by atoms with Crippen LogP contribution < -0.4 is 0 Å². The van der Waals surface area contributed by atoms with Crippen LogP contribution in [-0.4, -0.2) is 35.7 Å². The molecule has 0 unspecified atom stereocenters. The molecular formula is C14H19FN2. The summed E-state index contributed by atoms with van der Waals surface area (Å²) in [7, 11) is 0. The highest BCUT2D eigenvalue weighted by atomic mass is 19.1. The molecule has 0 aromatic carbocycles. The third-order valence-corrected chi connectivity index (χ3v) is 3.18. The number of aromatic nitrogens is 1. The first-order valence-electron chi connectivity index (χ1n) is 6.10. The average molecular weight is 234 g/mol. The molecule has 1 saturated heterocycles. The van der Waals surface area contributed by atoms with Crippen molar-refractivity contribution >= 4 is 6.08 Å². The van der Waals surface area contributed by atoms with Crippen LogP contribution in [0.4, 0.5) is 4.39 Å². The van der Waals surface area contributed by atoms with Crippen molar-refractivity contribution in [2.45, 2.75) is 26.4 Å². The number of aryl methyl sites for hydroxylation is 1. The summed E-state index contributed by atoms with van der Waals surface area (Å²) >= 11 is 0. The van der Waals surface area contributed by atoms with Crippen molar-refractivity contribution in [2.75, 3.05) is 19.6 Å². The summed E-state index contributed by atoms with van der Waals surface area (Å²) in [6, 6.07) is 4.03. The van der Waals surface area contributed by atoms with Gasteiger partial charge < -0.3 is 0 Å². The van der Waals surface area contributed by atoms with Gasteiger partial charge in [0, 0.05) is 31.5 Å². The predicted octanol–water partition coefficient (Wildman–Crippen LogP) is 2.84. The molecule has 0 radical (unpaired) electrons. The molecule has 2 nitrogen and oxygen atoms in total. The number of pyridine rings is 1. The van der Waals surface area contributed by atoms with E-state index >= 15 is 0 Å². The molecule has 0 amide bonds. The minimum absolute atomic E-state index is 0.597. The van der Waals surface area contributed by atoms with Gasteiger partial charge in [-0.15, -0.1) is 0 Å². The quantitative estimate of drug-likeness (QED) is 0.796. The fraction of sp³-hybridized carbons (Fsp3) is 0.500. The van der Waals surface area contributed by atoms with E-state index in [0.717, 1.165) is 18.7 Å². The second kappa shape index (κ2) is 5.41. The van der Waals surface area contributed by atoms with Crippen LogP contribution in [-0.2, 0) is 0 Å². The van der Waals surface area contributed by atoms with Gasteiger partial charge in [0.05, 0.1) is 0 Å². The van der Waals surface area contributed by atoms with Crippen LogP contribution in [0, 0.1) is 6.92 Å². The average Bonchev–Trinajstić information content (AvgIpc) is 2.26. The topological polar surface area (TPSA) is 16.1 Å². The maximum Gasteiger partial charge on any atom is 0.125 e.